The minimum atomic E-state index is -3.56. The average molecular weight is 452 g/mol. The molecule has 1 aliphatic heterocycles. The normalized spacial score (nSPS) is 13.2. The van der Waals surface area contributed by atoms with Crippen LogP contribution < -0.4 is 10.2 Å². The Morgan fingerprint density at radius 2 is 1.75 bits per heavy atom. The first-order valence-electron chi connectivity index (χ1n) is 10.5. The number of hydrogen-bond donors (Lipinski definition) is 1. The molecule has 1 N–H and O–H groups in total. The van der Waals surface area contributed by atoms with Crippen molar-refractivity contribution in [1.82, 2.24) is 4.31 Å². The van der Waals surface area contributed by atoms with E-state index >= 15 is 0 Å². The van der Waals surface area contributed by atoms with Gasteiger partial charge in [0.1, 0.15) is 0 Å². The number of carbonyl (C=O) groups is 2. The molecule has 3 aromatic rings. The molecule has 0 unspecified atom stereocenters. The third-order valence-electron chi connectivity index (χ3n) is 5.66. The summed E-state index contributed by atoms with van der Waals surface area (Å²) < 4.78 is 25.6. The van der Waals surface area contributed by atoms with Gasteiger partial charge < -0.3 is 10.2 Å². The SMILES string of the molecule is CCCCN1C(=O)c2cccc3c(NC(=O)c4ccc(S(=O)(=O)N(C)C)cc4)ccc1c23. The highest BCUT2D eigenvalue weighted by molar-refractivity contribution is 7.89. The van der Waals surface area contributed by atoms with Crippen LogP contribution in [0.1, 0.15) is 40.5 Å². The van der Waals surface area contributed by atoms with Crippen LogP contribution in [0.2, 0.25) is 0 Å². The maximum atomic E-state index is 12.9. The highest BCUT2D eigenvalue weighted by atomic mass is 32.2. The molecule has 1 aliphatic rings. The Morgan fingerprint density at radius 3 is 2.41 bits per heavy atom. The van der Waals surface area contributed by atoms with E-state index in [9.17, 15) is 18.0 Å². The number of benzene rings is 3. The van der Waals surface area contributed by atoms with Gasteiger partial charge in [0.15, 0.2) is 0 Å². The standard InChI is InChI=1S/C24H25N3O4S/c1-4-5-15-27-21-14-13-20(18-7-6-8-19(22(18)21)24(27)29)25-23(28)16-9-11-17(12-10-16)32(30,31)26(2)3/h6-14H,4-5,15H2,1-3H3,(H,25,28). The molecule has 1 heterocycles. The topological polar surface area (TPSA) is 86.8 Å². The lowest BCUT2D eigenvalue weighted by molar-refractivity contribution is 0.0991. The molecule has 0 radical (unpaired) electrons. The molecular formula is C24H25N3O4S. The highest BCUT2D eigenvalue weighted by Gasteiger charge is 2.30. The van der Waals surface area contributed by atoms with Gasteiger partial charge in [-0.1, -0.05) is 25.5 Å². The number of rotatable bonds is 7. The second-order valence-corrected chi connectivity index (χ2v) is 10.1. The van der Waals surface area contributed by atoms with Crippen LogP contribution in [0.4, 0.5) is 11.4 Å². The molecular weight excluding hydrogens is 426 g/mol. The van der Waals surface area contributed by atoms with E-state index in [0.717, 1.165) is 33.6 Å². The lowest BCUT2D eigenvalue weighted by Gasteiger charge is -2.18. The zero-order valence-corrected chi connectivity index (χ0v) is 19.1. The summed E-state index contributed by atoms with van der Waals surface area (Å²) >= 11 is 0. The van der Waals surface area contributed by atoms with Gasteiger partial charge in [-0.05, 0) is 48.9 Å². The summed E-state index contributed by atoms with van der Waals surface area (Å²) in [5.74, 6) is -0.369. The predicted molar refractivity (Wildman–Crippen MR) is 126 cm³/mol. The smallest absolute Gasteiger partial charge is 0.258 e. The maximum absolute atomic E-state index is 12.9. The van der Waals surface area contributed by atoms with Crippen LogP contribution in [0, 0.1) is 0 Å². The fourth-order valence-electron chi connectivity index (χ4n) is 3.88. The number of sulfonamides is 1. The van der Waals surface area contributed by atoms with Crippen molar-refractivity contribution in [3.05, 3.63) is 65.7 Å². The molecule has 0 fully saturated rings. The fourth-order valence-corrected chi connectivity index (χ4v) is 4.78. The maximum Gasteiger partial charge on any atom is 0.258 e. The first-order chi connectivity index (χ1) is 15.3. The summed E-state index contributed by atoms with van der Waals surface area (Å²) in [5, 5.41) is 4.55. The third-order valence-corrected chi connectivity index (χ3v) is 7.49. The van der Waals surface area contributed by atoms with Gasteiger partial charge in [0.25, 0.3) is 11.8 Å². The molecule has 0 aromatic heterocycles. The minimum Gasteiger partial charge on any atom is -0.321 e. The van der Waals surface area contributed by atoms with E-state index in [1.165, 1.54) is 38.4 Å². The minimum absolute atomic E-state index is 0.0137. The van der Waals surface area contributed by atoms with Crippen molar-refractivity contribution in [2.24, 2.45) is 0 Å². The number of hydrogen-bond acceptors (Lipinski definition) is 4. The van der Waals surface area contributed by atoms with E-state index in [1.807, 2.05) is 30.3 Å². The lowest BCUT2D eigenvalue weighted by Crippen LogP contribution is -2.27. The first-order valence-corrected chi connectivity index (χ1v) is 11.9. The van der Waals surface area contributed by atoms with Crippen molar-refractivity contribution in [2.45, 2.75) is 24.7 Å². The van der Waals surface area contributed by atoms with Gasteiger partial charge in [-0.25, -0.2) is 12.7 Å². The summed E-state index contributed by atoms with van der Waals surface area (Å²) in [5.41, 5.74) is 2.45. The Morgan fingerprint density at radius 1 is 1.03 bits per heavy atom. The Bertz CT molecular complexity index is 1320. The molecule has 2 amide bonds. The third kappa shape index (κ3) is 3.65. The van der Waals surface area contributed by atoms with Crippen molar-refractivity contribution in [1.29, 1.82) is 0 Å². The Kier molecular flexibility index (Phi) is 5.75. The quantitative estimate of drug-likeness (QED) is 0.586. The van der Waals surface area contributed by atoms with Crippen molar-refractivity contribution >= 4 is 44.0 Å². The second kappa shape index (κ2) is 8.37. The lowest BCUT2D eigenvalue weighted by atomic mass is 10.0. The number of amides is 2. The van der Waals surface area contributed by atoms with Crippen LogP contribution in [0.5, 0.6) is 0 Å². The number of anilines is 2. The molecule has 3 aromatic carbocycles. The van der Waals surface area contributed by atoms with Crippen LogP contribution in [-0.4, -0.2) is 45.2 Å². The molecule has 166 valence electrons. The summed E-state index contributed by atoms with van der Waals surface area (Å²) in [4.78, 5) is 27.7. The van der Waals surface area contributed by atoms with Crippen LogP contribution in [0.25, 0.3) is 10.8 Å². The van der Waals surface area contributed by atoms with Gasteiger partial charge in [-0.15, -0.1) is 0 Å². The number of nitrogens with zero attached hydrogens (tertiary/aromatic N) is 2. The molecule has 8 heteroatoms. The van der Waals surface area contributed by atoms with Gasteiger partial charge in [0, 0.05) is 48.2 Å². The Balaban J connectivity index is 1.64. The molecule has 7 nitrogen and oxygen atoms in total. The summed E-state index contributed by atoms with van der Waals surface area (Å²) in [6.45, 7) is 2.75. The highest BCUT2D eigenvalue weighted by Crippen LogP contribution is 2.40. The number of carbonyl (C=O) groups excluding carboxylic acids is 2. The van der Waals surface area contributed by atoms with E-state index < -0.39 is 10.0 Å². The summed E-state index contributed by atoms with van der Waals surface area (Å²) in [6.07, 6.45) is 1.91. The van der Waals surface area contributed by atoms with Gasteiger partial charge in [-0.3, -0.25) is 9.59 Å². The second-order valence-electron chi connectivity index (χ2n) is 7.94. The van der Waals surface area contributed by atoms with E-state index in [2.05, 4.69) is 12.2 Å². The number of unbranched alkanes of at least 4 members (excludes halogenated alkanes) is 1. The molecule has 32 heavy (non-hydrogen) atoms. The van der Waals surface area contributed by atoms with Crippen LogP contribution in [-0.2, 0) is 10.0 Å². The van der Waals surface area contributed by atoms with Crippen molar-refractivity contribution < 1.29 is 18.0 Å². The van der Waals surface area contributed by atoms with Crippen LogP contribution >= 0.6 is 0 Å². The number of nitrogens with one attached hydrogen (secondary N) is 1. The first kappa shape index (κ1) is 22.0. The summed E-state index contributed by atoms with van der Waals surface area (Å²) in [6, 6.07) is 15.0. The van der Waals surface area contributed by atoms with E-state index in [1.54, 1.807) is 4.90 Å². The zero-order valence-electron chi connectivity index (χ0n) is 18.3. The van der Waals surface area contributed by atoms with Gasteiger partial charge >= 0.3 is 0 Å². The Hall–Kier alpha value is -3.23. The molecule has 0 aliphatic carbocycles. The summed E-state index contributed by atoms with van der Waals surface area (Å²) in [7, 11) is -0.646. The van der Waals surface area contributed by atoms with Gasteiger partial charge in [0.2, 0.25) is 10.0 Å². The Labute approximate surface area is 187 Å². The molecule has 0 saturated heterocycles. The van der Waals surface area contributed by atoms with Gasteiger partial charge in [-0.2, -0.15) is 0 Å². The van der Waals surface area contributed by atoms with E-state index in [-0.39, 0.29) is 16.7 Å². The van der Waals surface area contributed by atoms with Crippen molar-refractivity contribution in [2.75, 3.05) is 30.9 Å². The van der Waals surface area contributed by atoms with E-state index in [4.69, 9.17) is 0 Å². The molecule has 0 spiro atoms. The predicted octanol–water partition coefficient (Wildman–Crippen LogP) is 4.10. The molecule has 0 saturated carbocycles. The fraction of sp³-hybridized carbons (Fsp3) is 0.250. The molecule has 4 rings (SSSR count). The van der Waals surface area contributed by atoms with E-state index in [0.29, 0.717) is 23.4 Å². The average Bonchev–Trinajstić information content (AvgIpc) is 3.06. The molecule has 0 atom stereocenters. The van der Waals surface area contributed by atoms with Crippen LogP contribution in [0.3, 0.4) is 0 Å². The monoisotopic (exact) mass is 451 g/mol. The van der Waals surface area contributed by atoms with Crippen LogP contribution in [0.15, 0.2) is 59.5 Å². The largest absolute Gasteiger partial charge is 0.321 e. The zero-order chi connectivity index (χ0) is 23.0. The van der Waals surface area contributed by atoms with Gasteiger partial charge in [0.05, 0.1) is 10.6 Å². The van der Waals surface area contributed by atoms with Crippen molar-refractivity contribution in [3.63, 3.8) is 0 Å². The van der Waals surface area contributed by atoms with Crippen molar-refractivity contribution in [3.8, 4) is 0 Å². The molecule has 0 bridgehead atoms.